The second kappa shape index (κ2) is 9.49. The van der Waals surface area contributed by atoms with Crippen LogP contribution in [0.25, 0.3) is 21.8 Å². The van der Waals surface area contributed by atoms with Crippen molar-refractivity contribution >= 4 is 17.3 Å². The lowest BCUT2D eigenvalue weighted by Crippen LogP contribution is -2.40. The second-order valence-corrected chi connectivity index (χ2v) is 10.6. The maximum atomic E-state index is 11.5. The lowest BCUT2D eigenvalue weighted by atomic mass is 9.92. The molecule has 0 amide bonds. The Labute approximate surface area is 200 Å². The standard InChI is InChI=1S/C26H33N5OS/c1-18-7-6-8-19(17-18)22-23(33-24(30-22)26(32)12-15-31(2)16-13-26)21-11-14-27-25(29-21)28-20-9-4-3-5-10-20/h6-8,11,14,17,20,32H,3-5,9-10,12-13,15-16H2,1-2H3,(H,27,28,29). The number of hydrogen-bond acceptors (Lipinski definition) is 7. The van der Waals surface area contributed by atoms with Crippen LogP contribution in [0.1, 0.15) is 55.5 Å². The van der Waals surface area contributed by atoms with Crippen molar-refractivity contribution in [2.75, 3.05) is 25.5 Å². The SMILES string of the molecule is Cc1cccc(-c2nc(C3(O)CCN(C)CC3)sc2-c2ccnc(NC3CCCCC3)n2)c1. The van der Waals surface area contributed by atoms with E-state index in [0.29, 0.717) is 24.8 Å². The topological polar surface area (TPSA) is 74.2 Å². The number of aryl methyl sites for hydroxylation is 1. The molecule has 174 valence electrons. The number of likely N-dealkylation sites (tertiary alicyclic amines) is 1. The highest BCUT2D eigenvalue weighted by Gasteiger charge is 2.37. The summed E-state index contributed by atoms with van der Waals surface area (Å²) < 4.78 is 0. The number of anilines is 1. The summed E-state index contributed by atoms with van der Waals surface area (Å²) in [7, 11) is 2.10. The van der Waals surface area contributed by atoms with Gasteiger partial charge in [0.25, 0.3) is 0 Å². The van der Waals surface area contributed by atoms with Crippen LogP contribution in [-0.2, 0) is 5.60 Å². The number of piperidine rings is 1. The van der Waals surface area contributed by atoms with Crippen LogP contribution < -0.4 is 5.32 Å². The van der Waals surface area contributed by atoms with Gasteiger partial charge in [-0.05, 0) is 51.8 Å². The Hall–Kier alpha value is -2.35. The Kier molecular flexibility index (Phi) is 6.45. The van der Waals surface area contributed by atoms with Gasteiger partial charge in [0.15, 0.2) is 0 Å². The summed E-state index contributed by atoms with van der Waals surface area (Å²) in [4.78, 5) is 17.7. The van der Waals surface area contributed by atoms with E-state index in [0.717, 1.165) is 39.9 Å². The Morgan fingerprint density at radius 2 is 1.88 bits per heavy atom. The number of nitrogens with one attached hydrogen (secondary N) is 1. The van der Waals surface area contributed by atoms with Gasteiger partial charge in [-0.2, -0.15) is 0 Å². The third kappa shape index (κ3) is 4.95. The van der Waals surface area contributed by atoms with Gasteiger partial charge in [0.05, 0.1) is 16.3 Å². The van der Waals surface area contributed by atoms with Crippen molar-refractivity contribution in [1.82, 2.24) is 19.9 Å². The predicted molar refractivity (Wildman–Crippen MR) is 134 cm³/mol. The maximum absolute atomic E-state index is 11.5. The molecule has 1 aromatic carbocycles. The van der Waals surface area contributed by atoms with Crippen LogP contribution in [0.2, 0.25) is 0 Å². The average Bonchev–Trinajstić information content (AvgIpc) is 3.29. The van der Waals surface area contributed by atoms with Gasteiger partial charge in [0.1, 0.15) is 10.6 Å². The Morgan fingerprint density at radius 1 is 1.09 bits per heavy atom. The second-order valence-electron chi connectivity index (χ2n) is 9.65. The molecule has 2 aliphatic rings. The minimum Gasteiger partial charge on any atom is -0.383 e. The van der Waals surface area contributed by atoms with Crippen LogP contribution in [-0.4, -0.2) is 51.1 Å². The fraction of sp³-hybridized carbons (Fsp3) is 0.500. The van der Waals surface area contributed by atoms with Crippen LogP contribution in [0.5, 0.6) is 0 Å². The zero-order chi connectivity index (χ0) is 22.8. The summed E-state index contributed by atoms with van der Waals surface area (Å²) in [5.74, 6) is 0.683. The highest BCUT2D eigenvalue weighted by molar-refractivity contribution is 7.15. The fourth-order valence-corrected chi connectivity index (χ4v) is 6.07. The quantitative estimate of drug-likeness (QED) is 0.539. The first-order valence-corrected chi connectivity index (χ1v) is 12.9. The molecule has 2 fully saturated rings. The van der Waals surface area contributed by atoms with E-state index in [1.165, 1.54) is 37.7 Å². The van der Waals surface area contributed by atoms with E-state index in [-0.39, 0.29) is 0 Å². The monoisotopic (exact) mass is 463 g/mol. The molecule has 0 unspecified atom stereocenters. The van der Waals surface area contributed by atoms with Gasteiger partial charge < -0.3 is 15.3 Å². The van der Waals surface area contributed by atoms with Gasteiger partial charge in [0.2, 0.25) is 5.95 Å². The van der Waals surface area contributed by atoms with Gasteiger partial charge in [-0.3, -0.25) is 0 Å². The predicted octanol–water partition coefficient (Wildman–Crippen LogP) is 5.23. The van der Waals surface area contributed by atoms with Crippen molar-refractivity contribution in [3.63, 3.8) is 0 Å². The van der Waals surface area contributed by atoms with Gasteiger partial charge in [0, 0.05) is 30.9 Å². The molecule has 33 heavy (non-hydrogen) atoms. The summed E-state index contributed by atoms with van der Waals surface area (Å²) in [5, 5.41) is 15.8. The first kappa shape index (κ1) is 22.4. The van der Waals surface area contributed by atoms with Gasteiger partial charge in [-0.25, -0.2) is 15.0 Å². The molecule has 3 aromatic rings. The molecule has 2 aromatic heterocycles. The molecule has 6 nitrogen and oxygen atoms in total. The summed E-state index contributed by atoms with van der Waals surface area (Å²) in [6.45, 7) is 3.83. The van der Waals surface area contributed by atoms with Crippen molar-refractivity contribution < 1.29 is 5.11 Å². The molecule has 7 heteroatoms. The third-order valence-electron chi connectivity index (χ3n) is 6.96. The van der Waals surface area contributed by atoms with Crippen molar-refractivity contribution in [2.45, 2.75) is 63.5 Å². The first-order chi connectivity index (χ1) is 16.0. The Bertz CT molecular complexity index is 1100. The Morgan fingerprint density at radius 3 is 2.64 bits per heavy atom. The number of aromatic nitrogens is 3. The van der Waals surface area contributed by atoms with Crippen LogP contribution in [0, 0.1) is 6.92 Å². The van der Waals surface area contributed by atoms with Crippen LogP contribution in [0.4, 0.5) is 5.95 Å². The molecular weight excluding hydrogens is 430 g/mol. The largest absolute Gasteiger partial charge is 0.383 e. The summed E-state index contributed by atoms with van der Waals surface area (Å²) in [6, 6.07) is 10.8. The van der Waals surface area contributed by atoms with Gasteiger partial charge in [-0.1, -0.05) is 43.0 Å². The molecule has 2 N–H and O–H groups in total. The van der Waals surface area contributed by atoms with E-state index in [4.69, 9.17) is 9.97 Å². The van der Waals surface area contributed by atoms with E-state index in [9.17, 15) is 5.11 Å². The number of thiazole rings is 1. The van der Waals surface area contributed by atoms with E-state index >= 15 is 0 Å². The number of rotatable bonds is 5. The smallest absolute Gasteiger partial charge is 0.223 e. The van der Waals surface area contributed by atoms with E-state index in [1.54, 1.807) is 11.3 Å². The van der Waals surface area contributed by atoms with Crippen molar-refractivity contribution in [3.05, 3.63) is 47.1 Å². The van der Waals surface area contributed by atoms with Gasteiger partial charge in [-0.15, -0.1) is 11.3 Å². The number of nitrogens with zero attached hydrogens (tertiary/aromatic N) is 4. The molecule has 3 heterocycles. The molecule has 1 saturated heterocycles. The van der Waals surface area contributed by atoms with Gasteiger partial charge >= 0.3 is 0 Å². The zero-order valence-corrected chi connectivity index (χ0v) is 20.4. The number of aliphatic hydroxyl groups is 1. The van der Waals surface area contributed by atoms with Crippen LogP contribution >= 0.6 is 11.3 Å². The van der Waals surface area contributed by atoms with E-state index in [1.807, 2.05) is 12.3 Å². The zero-order valence-electron chi connectivity index (χ0n) is 19.5. The minimum atomic E-state index is -0.885. The third-order valence-corrected chi connectivity index (χ3v) is 8.23. The van der Waals surface area contributed by atoms with Crippen LogP contribution in [0.3, 0.4) is 0 Å². The number of benzene rings is 1. The molecule has 1 aliphatic carbocycles. The highest BCUT2D eigenvalue weighted by atomic mass is 32.1. The molecule has 5 rings (SSSR count). The van der Waals surface area contributed by atoms with E-state index < -0.39 is 5.60 Å². The molecule has 0 spiro atoms. The highest BCUT2D eigenvalue weighted by Crippen LogP contribution is 2.43. The number of hydrogen-bond donors (Lipinski definition) is 2. The molecular formula is C26H33N5OS. The summed E-state index contributed by atoms with van der Waals surface area (Å²) in [5.41, 5.74) is 3.12. The molecule has 0 atom stereocenters. The summed E-state index contributed by atoms with van der Waals surface area (Å²) in [6.07, 6.45) is 9.42. The van der Waals surface area contributed by atoms with Crippen molar-refractivity contribution in [2.24, 2.45) is 0 Å². The fourth-order valence-electron chi connectivity index (χ4n) is 4.87. The van der Waals surface area contributed by atoms with Crippen molar-refractivity contribution in [3.8, 4) is 21.8 Å². The molecule has 0 radical (unpaired) electrons. The normalized spacial score (nSPS) is 19.5. The minimum absolute atomic E-state index is 0.446. The average molecular weight is 464 g/mol. The van der Waals surface area contributed by atoms with E-state index in [2.05, 4.69) is 53.4 Å². The summed E-state index contributed by atoms with van der Waals surface area (Å²) >= 11 is 1.58. The molecule has 1 aliphatic heterocycles. The van der Waals surface area contributed by atoms with Crippen molar-refractivity contribution in [1.29, 1.82) is 0 Å². The van der Waals surface area contributed by atoms with Crippen LogP contribution in [0.15, 0.2) is 36.5 Å². The molecule has 0 bridgehead atoms. The lowest BCUT2D eigenvalue weighted by Gasteiger charge is -2.34. The Balaban J connectivity index is 1.53. The molecule has 1 saturated carbocycles. The first-order valence-electron chi connectivity index (χ1n) is 12.1. The lowest BCUT2D eigenvalue weighted by molar-refractivity contribution is -0.0203. The maximum Gasteiger partial charge on any atom is 0.223 e.